The highest BCUT2D eigenvalue weighted by Crippen LogP contribution is 2.30. The van der Waals surface area contributed by atoms with E-state index in [1.807, 2.05) is 0 Å². The number of thioether (sulfide) groups is 1. The first-order valence-corrected chi connectivity index (χ1v) is 6.57. The van der Waals surface area contributed by atoms with E-state index in [0.29, 0.717) is 0 Å². The Morgan fingerprint density at radius 3 is 2.28 bits per heavy atom. The molecule has 0 aromatic heterocycles. The molecule has 0 spiro atoms. The minimum Gasteiger partial charge on any atom is -0.335 e. The first-order valence-electron chi connectivity index (χ1n) is 5.75. The second kappa shape index (κ2) is 5.81. The van der Waals surface area contributed by atoms with Crippen LogP contribution in [0.15, 0.2) is 40.2 Å². The molecule has 0 atom stereocenters. The van der Waals surface area contributed by atoms with Crippen LogP contribution < -0.4 is 5.32 Å². The Morgan fingerprint density at radius 1 is 1.11 bits per heavy atom. The number of nitrogens with one attached hydrogen (secondary N) is 1. The van der Waals surface area contributed by atoms with Gasteiger partial charge >= 0.3 is 0 Å². The third-order valence-electron chi connectivity index (χ3n) is 2.51. The summed E-state index contributed by atoms with van der Waals surface area (Å²) >= 11 is 1.69. The van der Waals surface area contributed by atoms with Crippen molar-refractivity contribution in [3.8, 4) is 0 Å². The number of benzene rings is 1. The van der Waals surface area contributed by atoms with Gasteiger partial charge in [-0.15, -0.1) is 12.4 Å². The normalized spacial score (nSPS) is 17.3. The van der Waals surface area contributed by atoms with Crippen molar-refractivity contribution in [2.24, 2.45) is 4.99 Å². The molecule has 98 valence electrons. The van der Waals surface area contributed by atoms with Gasteiger partial charge in [0.1, 0.15) is 0 Å². The van der Waals surface area contributed by atoms with Gasteiger partial charge in [0.25, 0.3) is 0 Å². The summed E-state index contributed by atoms with van der Waals surface area (Å²) in [6.07, 6.45) is 2.19. The average molecular weight is 283 g/mol. The van der Waals surface area contributed by atoms with Gasteiger partial charge in [-0.3, -0.25) is 4.99 Å². The van der Waals surface area contributed by atoms with Gasteiger partial charge in [-0.25, -0.2) is 0 Å². The van der Waals surface area contributed by atoms with E-state index in [4.69, 9.17) is 0 Å². The van der Waals surface area contributed by atoms with Crippen LogP contribution in [-0.4, -0.2) is 10.7 Å². The van der Waals surface area contributed by atoms with Crippen molar-refractivity contribution in [1.82, 2.24) is 0 Å². The molecule has 0 bridgehead atoms. The van der Waals surface area contributed by atoms with Gasteiger partial charge in [0.15, 0.2) is 5.17 Å². The first kappa shape index (κ1) is 15.1. The second-order valence-electron chi connectivity index (χ2n) is 4.92. The fraction of sp³-hybridized carbons (Fsp3) is 0.357. The molecular formula is C14H19ClN2S. The third-order valence-corrected chi connectivity index (χ3v) is 3.33. The fourth-order valence-corrected chi connectivity index (χ4v) is 2.91. The van der Waals surface area contributed by atoms with Crippen molar-refractivity contribution in [3.63, 3.8) is 0 Å². The zero-order valence-electron chi connectivity index (χ0n) is 11.2. The van der Waals surface area contributed by atoms with Crippen LogP contribution in [0.4, 0.5) is 5.69 Å². The van der Waals surface area contributed by atoms with Gasteiger partial charge in [-0.1, -0.05) is 29.5 Å². The molecule has 0 unspecified atom stereocenters. The minimum atomic E-state index is -0.109. The predicted molar refractivity (Wildman–Crippen MR) is 84.9 cm³/mol. The van der Waals surface area contributed by atoms with Crippen molar-refractivity contribution in [2.45, 2.75) is 33.2 Å². The highest BCUT2D eigenvalue weighted by atomic mass is 35.5. The Kier molecular flexibility index (Phi) is 4.88. The van der Waals surface area contributed by atoms with E-state index in [0.717, 1.165) is 10.9 Å². The molecule has 1 aromatic rings. The quantitative estimate of drug-likeness (QED) is 0.813. The largest absolute Gasteiger partial charge is 0.335 e. The second-order valence-corrected chi connectivity index (χ2v) is 6.15. The summed E-state index contributed by atoms with van der Waals surface area (Å²) in [5.41, 5.74) is 2.25. The van der Waals surface area contributed by atoms with Crippen molar-refractivity contribution < 1.29 is 0 Å². The van der Waals surface area contributed by atoms with Gasteiger partial charge < -0.3 is 5.32 Å². The van der Waals surface area contributed by atoms with E-state index in [2.05, 4.69) is 68.3 Å². The number of nitrogens with zero attached hydrogens (tertiary/aromatic N) is 1. The first-order chi connectivity index (χ1) is 7.94. The van der Waals surface area contributed by atoms with Gasteiger partial charge in [0, 0.05) is 5.69 Å². The average Bonchev–Trinajstić information content (AvgIpc) is 2.18. The molecule has 1 aliphatic heterocycles. The van der Waals surface area contributed by atoms with Gasteiger partial charge in [-0.2, -0.15) is 0 Å². The Bertz CT molecular complexity index is 475. The zero-order chi connectivity index (χ0) is 12.5. The summed E-state index contributed by atoms with van der Waals surface area (Å²) in [5.74, 6) is 0. The maximum Gasteiger partial charge on any atom is 0.166 e. The topological polar surface area (TPSA) is 24.4 Å². The molecule has 1 heterocycles. The molecular weight excluding hydrogens is 264 g/mol. The van der Waals surface area contributed by atoms with Crippen LogP contribution in [0.2, 0.25) is 0 Å². The lowest BCUT2D eigenvalue weighted by Crippen LogP contribution is -2.22. The molecule has 0 radical (unpaired) electrons. The summed E-state index contributed by atoms with van der Waals surface area (Å²) in [5, 5.41) is 4.34. The van der Waals surface area contributed by atoms with Gasteiger partial charge in [0.05, 0.1) is 5.54 Å². The highest BCUT2D eigenvalue weighted by Gasteiger charge is 2.20. The number of allylic oxidation sites excluding steroid dienone is 1. The summed E-state index contributed by atoms with van der Waals surface area (Å²) in [6.45, 7) is 8.45. The van der Waals surface area contributed by atoms with Gasteiger partial charge in [-0.05, 0) is 50.8 Å². The summed E-state index contributed by atoms with van der Waals surface area (Å²) < 4.78 is 0. The predicted octanol–water partition coefficient (Wildman–Crippen LogP) is 4.61. The third kappa shape index (κ3) is 4.07. The van der Waals surface area contributed by atoms with E-state index >= 15 is 0 Å². The van der Waals surface area contributed by atoms with E-state index in [1.165, 1.54) is 10.5 Å². The number of amidine groups is 1. The maximum absolute atomic E-state index is 4.67. The molecule has 0 fully saturated rings. The van der Waals surface area contributed by atoms with E-state index < -0.39 is 0 Å². The molecule has 2 nitrogen and oxygen atoms in total. The highest BCUT2D eigenvalue weighted by molar-refractivity contribution is 8.17. The molecule has 0 saturated heterocycles. The fourth-order valence-electron chi connectivity index (χ4n) is 1.81. The maximum atomic E-state index is 4.67. The molecule has 1 N–H and O–H groups in total. The van der Waals surface area contributed by atoms with E-state index in [9.17, 15) is 0 Å². The van der Waals surface area contributed by atoms with Crippen molar-refractivity contribution >= 4 is 35.0 Å². The molecule has 0 saturated carbocycles. The lowest BCUT2D eigenvalue weighted by Gasteiger charge is -2.24. The number of hydrogen-bond acceptors (Lipinski definition) is 3. The van der Waals surface area contributed by atoms with Crippen LogP contribution in [0.3, 0.4) is 0 Å². The smallest absolute Gasteiger partial charge is 0.166 e. The molecule has 18 heavy (non-hydrogen) atoms. The molecule has 0 amide bonds. The number of anilines is 1. The summed E-state index contributed by atoms with van der Waals surface area (Å²) in [6, 6.07) is 8.37. The zero-order valence-corrected chi connectivity index (χ0v) is 12.8. The Morgan fingerprint density at radius 2 is 1.72 bits per heavy atom. The number of rotatable bonds is 1. The molecule has 1 aromatic carbocycles. The Balaban J connectivity index is 0.00000162. The Hall–Kier alpha value is -0.930. The van der Waals surface area contributed by atoms with Crippen LogP contribution in [0.5, 0.6) is 0 Å². The van der Waals surface area contributed by atoms with Crippen LogP contribution in [0.25, 0.3) is 0 Å². The number of aliphatic imine (C=N–C) groups is 1. The van der Waals surface area contributed by atoms with Crippen molar-refractivity contribution in [2.75, 3.05) is 5.32 Å². The standard InChI is InChI=1S/C14H18N2S.ClH/c1-10-5-7-12(8-6-10)15-13-16-14(3,4)9-11(2)17-13;/h5-9H,1-4H3,(H,15,16);1H. The SMILES string of the molecule is CC1=CC(C)(C)N=C(Nc2ccc(C)cc2)S1.Cl. The molecule has 2 rings (SSSR count). The molecule has 0 aliphatic carbocycles. The van der Waals surface area contributed by atoms with Gasteiger partial charge in [0.2, 0.25) is 0 Å². The number of aryl methyl sites for hydroxylation is 1. The van der Waals surface area contributed by atoms with Crippen LogP contribution in [0, 0.1) is 6.92 Å². The van der Waals surface area contributed by atoms with Crippen molar-refractivity contribution in [1.29, 1.82) is 0 Å². The summed E-state index contributed by atoms with van der Waals surface area (Å²) in [4.78, 5) is 5.97. The monoisotopic (exact) mass is 282 g/mol. The van der Waals surface area contributed by atoms with E-state index in [1.54, 1.807) is 11.8 Å². The molecule has 1 aliphatic rings. The summed E-state index contributed by atoms with van der Waals surface area (Å²) in [7, 11) is 0. The lowest BCUT2D eigenvalue weighted by atomic mass is 10.1. The van der Waals surface area contributed by atoms with E-state index in [-0.39, 0.29) is 17.9 Å². The van der Waals surface area contributed by atoms with Crippen LogP contribution in [0.1, 0.15) is 26.3 Å². The molecule has 4 heteroatoms. The number of halogens is 1. The Labute approximate surface area is 119 Å². The van der Waals surface area contributed by atoms with Crippen LogP contribution >= 0.6 is 24.2 Å². The minimum absolute atomic E-state index is 0. The van der Waals surface area contributed by atoms with Crippen molar-refractivity contribution in [3.05, 3.63) is 40.8 Å². The lowest BCUT2D eigenvalue weighted by molar-refractivity contribution is 0.656. The van der Waals surface area contributed by atoms with Crippen LogP contribution in [-0.2, 0) is 0 Å². The number of hydrogen-bond donors (Lipinski definition) is 1.